The van der Waals surface area contributed by atoms with Crippen LogP contribution in [0.2, 0.25) is 0 Å². The lowest BCUT2D eigenvalue weighted by atomic mass is 10.0. The predicted octanol–water partition coefficient (Wildman–Crippen LogP) is 3.26. The van der Waals surface area contributed by atoms with E-state index in [1.165, 1.54) is 22.5 Å². The highest BCUT2D eigenvalue weighted by Crippen LogP contribution is 2.33. The van der Waals surface area contributed by atoms with Gasteiger partial charge in [0.15, 0.2) is 0 Å². The molecule has 0 atom stereocenters. The quantitative estimate of drug-likeness (QED) is 0.737. The van der Waals surface area contributed by atoms with Crippen LogP contribution >= 0.6 is 11.3 Å². The molecule has 19 heavy (non-hydrogen) atoms. The molecule has 0 amide bonds. The molecule has 0 radical (unpaired) electrons. The number of anilines is 1. The number of aryl methyl sites for hydroxylation is 3. The molecule has 2 aromatic heterocycles. The van der Waals surface area contributed by atoms with Gasteiger partial charge >= 0.3 is 0 Å². The molecule has 0 spiro atoms. The number of hydrogen-bond donors (Lipinski definition) is 1. The predicted molar refractivity (Wildman–Crippen MR) is 79.3 cm³/mol. The van der Waals surface area contributed by atoms with Crippen molar-refractivity contribution in [1.29, 1.82) is 0 Å². The molecule has 0 aliphatic rings. The van der Waals surface area contributed by atoms with Crippen LogP contribution in [0, 0.1) is 20.8 Å². The van der Waals surface area contributed by atoms with Crippen LogP contribution in [-0.2, 0) is 0 Å². The first-order valence-corrected chi connectivity index (χ1v) is 6.85. The highest BCUT2D eigenvalue weighted by Gasteiger charge is 2.12. The van der Waals surface area contributed by atoms with Crippen molar-refractivity contribution in [3.05, 3.63) is 35.0 Å². The van der Waals surface area contributed by atoms with Gasteiger partial charge in [-0.1, -0.05) is 23.5 Å². The molecule has 3 rings (SSSR count). The summed E-state index contributed by atoms with van der Waals surface area (Å²) in [6.07, 6.45) is 0. The Morgan fingerprint density at radius 3 is 2.58 bits per heavy atom. The molecule has 2 N–H and O–H groups in total. The molecule has 0 fully saturated rings. The van der Waals surface area contributed by atoms with Gasteiger partial charge in [0.25, 0.3) is 0 Å². The van der Waals surface area contributed by atoms with Crippen molar-refractivity contribution in [1.82, 2.24) is 15.2 Å². The third-order valence-corrected chi connectivity index (χ3v) is 4.09. The summed E-state index contributed by atoms with van der Waals surface area (Å²) < 4.78 is 0. The SMILES string of the molecule is Cc1cc(-c2nnc(N)s2)c2ccc(C)c(C)c2n1. The van der Waals surface area contributed by atoms with Crippen LogP contribution in [0.4, 0.5) is 5.13 Å². The van der Waals surface area contributed by atoms with Gasteiger partial charge in [0, 0.05) is 16.6 Å². The van der Waals surface area contributed by atoms with Gasteiger partial charge in [0.05, 0.1) is 5.52 Å². The standard InChI is InChI=1S/C14H14N4S/c1-7-4-5-10-11(13-17-18-14(15)19-13)6-8(2)16-12(10)9(7)3/h4-6H,1-3H3,(H2,15,18). The van der Waals surface area contributed by atoms with Crippen molar-refractivity contribution in [3.8, 4) is 10.6 Å². The van der Waals surface area contributed by atoms with Crippen molar-refractivity contribution in [2.24, 2.45) is 0 Å². The van der Waals surface area contributed by atoms with Crippen molar-refractivity contribution in [2.75, 3.05) is 5.73 Å². The van der Waals surface area contributed by atoms with E-state index in [1.54, 1.807) is 0 Å². The zero-order valence-corrected chi connectivity index (χ0v) is 11.9. The Balaban J connectivity index is 2.39. The molecule has 3 aromatic rings. The van der Waals surface area contributed by atoms with E-state index in [2.05, 4.69) is 41.2 Å². The van der Waals surface area contributed by atoms with Gasteiger partial charge in [-0.2, -0.15) is 0 Å². The number of aromatic nitrogens is 3. The number of nitrogen functional groups attached to an aromatic ring is 1. The Morgan fingerprint density at radius 1 is 1.11 bits per heavy atom. The number of benzene rings is 1. The van der Waals surface area contributed by atoms with Crippen molar-refractivity contribution >= 4 is 27.4 Å². The van der Waals surface area contributed by atoms with Crippen LogP contribution in [0.3, 0.4) is 0 Å². The van der Waals surface area contributed by atoms with E-state index >= 15 is 0 Å². The van der Waals surface area contributed by atoms with Crippen LogP contribution in [0.5, 0.6) is 0 Å². The Morgan fingerprint density at radius 2 is 1.89 bits per heavy atom. The summed E-state index contributed by atoms with van der Waals surface area (Å²) in [7, 11) is 0. The van der Waals surface area contributed by atoms with Crippen molar-refractivity contribution in [2.45, 2.75) is 20.8 Å². The summed E-state index contributed by atoms with van der Waals surface area (Å²) in [5.74, 6) is 0. The van der Waals surface area contributed by atoms with E-state index in [0.29, 0.717) is 5.13 Å². The molecule has 1 aromatic carbocycles. The van der Waals surface area contributed by atoms with Crippen LogP contribution in [0.1, 0.15) is 16.8 Å². The Kier molecular flexibility index (Phi) is 2.71. The summed E-state index contributed by atoms with van der Waals surface area (Å²) in [5, 5.41) is 10.5. The summed E-state index contributed by atoms with van der Waals surface area (Å²) >= 11 is 1.40. The van der Waals surface area contributed by atoms with E-state index < -0.39 is 0 Å². The molecule has 0 saturated carbocycles. The molecule has 0 aliphatic heterocycles. The van der Waals surface area contributed by atoms with E-state index in [-0.39, 0.29) is 0 Å². The lowest BCUT2D eigenvalue weighted by Gasteiger charge is -2.09. The summed E-state index contributed by atoms with van der Waals surface area (Å²) in [6, 6.07) is 6.25. The van der Waals surface area contributed by atoms with Gasteiger partial charge in [-0.15, -0.1) is 10.2 Å². The zero-order valence-electron chi connectivity index (χ0n) is 11.1. The number of fused-ring (bicyclic) bond motifs is 1. The fourth-order valence-corrected chi connectivity index (χ4v) is 2.82. The fraction of sp³-hybridized carbons (Fsp3) is 0.214. The Bertz CT molecular complexity index is 776. The van der Waals surface area contributed by atoms with E-state index in [0.717, 1.165) is 27.2 Å². The van der Waals surface area contributed by atoms with Gasteiger partial charge in [-0.25, -0.2) is 0 Å². The Hall–Kier alpha value is -2.01. The van der Waals surface area contributed by atoms with Gasteiger partial charge in [-0.3, -0.25) is 4.98 Å². The molecule has 2 heterocycles. The first-order valence-electron chi connectivity index (χ1n) is 6.03. The number of pyridine rings is 1. The summed E-state index contributed by atoms with van der Waals surface area (Å²) in [4.78, 5) is 4.65. The highest BCUT2D eigenvalue weighted by molar-refractivity contribution is 7.18. The largest absolute Gasteiger partial charge is 0.374 e. The maximum absolute atomic E-state index is 5.68. The molecule has 0 saturated heterocycles. The highest BCUT2D eigenvalue weighted by atomic mass is 32.1. The molecule has 0 unspecified atom stereocenters. The number of hydrogen-bond acceptors (Lipinski definition) is 5. The summed E-state index contributed by atoms with van der Waals surface area (Å²) in [6.45, 7) is 6.19. The molecule has 0 bridgehead atoms. The van der Waals surface area contributed by atoms with E-state index in [1.807, 2.05) is 13.0 Å². The maximum atomic E-state index is 5.68. The second-order valence-corrected chi connectivity index (χ2v) is 5.67. The Labute approximate surface area is 115 Å². The maximum Gasteiger partial charge on any atom is 0.203 e. The second-order valence-electron chi connectivity index (χ2n) is 4.66. The first-order chi connectivity index (χ1) is 9.06. The molecule has 96 valence electrons. The van der Waals surface area contributed by atoms with Crippen LogP contribution < -0.4 is 5.73 Å². The number of nitrogens with zero attached hydrogens (tertiary/aromatic N) is 3. The van der Waals surface area contributed by atoms with Gasteiger partial charge in [0.2, 0.25) is 5.13 Å². The lowest BCUT2D eigenvalue weighted by Crippen LogP contribution is -1.92. The lowest BCUT2D eigenvalue weighted by molar-refractivity contribution is 1.10. The molecule has 5 heteroatoms. The van der Waals surface area contributed by atoms with Crippen LogP contribution in [0.15, 0.2) is 18.2 Å². The normalized spacial score (nSPS) is 11.1. The van der Waals surface area contributed by atoms with Gasteiger partial charge in [0.1, 0.15) is 5.01 Å². The van der Waals surface area contributed by atoms with Crippen LogP contribution in [-0.4, -0.2) is 15.2 Å². The number of rotatable bonds is 1. The number of nitrogens with two attached hydrogens (primary N) is 1. The molecule has 0 aliphatic carbocycles. The van der Waals surface area contributed by atoms with Crippen molar-refractivity contribution in [3.63, 3.8) is 0 Å². The average Bonchev–Trinajstić information content (AvgIpc) is 2.80. The van der Waals surface area contributed by atoms with Crippen molar-refractivity contribution < 1.29 is 0 Å². The minimum atomic E-state index is 0.487. The van der Waals surface area contributed by atoms with E-state index in [4.69, 9.17) is 5.73 Å². The molecule has 4 nitrogen and oxygen atoms in total. The van der Waals surface area contributed by atoms with Gasteiger partial charge in [-0.05, 0) is 38.0 Å². The monoisotopic (exact) mass is 270 g/mol. The average molecular weight is 270 g/mol. The second kappa shape index (κ2) is 4.28. The van der Waals surface area contributed by atoms with Gasteiger partial charge < -0.3 is 5.73 Å². The first kappa shape index (κ1) is 12.0. The van der Waals surface area contributed by atoms with Crippen LogP contribution in [0.25, 0.3) is 21.5 Å². The minimum absolute atomic E-state index is 0.487. The topological polar surface area (TPSA) is 64.7 Å². The fourth-order valence-electron chi connectivity index (χ4n) is 2.18. The molecular formula is C14H14N4S. The smallest absolute Gasteiger partial charge is 0.203 e. The molecular weight excluding hydrogens is 256 g/mol. The third-order valence-electron chi connectivity index (χ3n) is 3.30. The summed E-state index contributed by atoms with van der Waals surface area (Å²) in [5.41, 5.74) is 11.2. The van der Waals surface area contributed by atoms with E-state index in [9.17, 15) is 0 Å². The zero-order chi connectivity index (χ0) is 13.6. The minimum Gasteiger partial charge on any atom is -0.374 e. The third kappa shape index (κ3) is 1.96.